The van der Waals surface area contributed by atoms with Gasteiger partial charge in [-0.2, -0.15) is 0 Å². The van der Waals surface area contributed by atoms with Crippen molar-refractivity contribution in [2.75, 3.05) is 26.2 Å². The number of carbonyl (C=O) groups is 2. The Balaban J connectivity index is 1.97. The number of thioether (sulfide) groups is 1. The van der Waals surface area contributed by atoms with Gasteiger partial charge in [-0.3, -0.25) is 14.5 Å². The number of nitrogens with zero attached hydrogens (tertiary/aromatic N) is 2. The van der Waals surface area contributed by atoms with E-state index < -0.39 is 0 Å². The summed E-state index contributed by atoms with van der Waals surface area (Å²) in [6.07, 6.45) is 2.03. The van der Waals surface area contributed by atoms with Gasteiger partial charge in [-0.1, -0.05) is 30.0 Å². The Kier molecular flexibility index (Phi) is 6.76. The molecule has 0 aromatic carbocycles. The van der Waals surface area contributed by atoms with Crippen LogP contribution in [0.25, 0.3) is 6.08 Å². The van der Waals surface area contributed by atoms with Crippen LogP contribution in [0, 0.1) is 0 Å². The lowest BCUT2D eigenvalue weighted by atomic mass is 10.3. The molecule has 0 spiro atoms. The molecule has 0 radical (unpaired) electrons. The Morgan fingerprint density at radius 2 is 2.30 bits per heavy atom. The van der Waals surface area contributed by atoms with E-state index in [0.29, 0.717) is 22.3 Å². The maximum Gasteiger partial charge on any atom is 0.266 e. The highest BCUT2D eigenvalue weighted by Crippen LogP contribution is 2.33. The molecule has 2 rings (SSSR count). The van der Waals surface area contributed by atoms with Crippen molar-refractivity contribution in [1.29, 1.82) is 0 Å². The molecule has 8 heteroatoms. The predicted molar refractivity (Wildman–Crippen MR) is 98.2 cm³/mol. The van der Waals surface area contributed by atoms with Gasteiger partial charge in [-0.15, -0.1) is 11.3 Å². The van der Waals surface area contributed by atoms with Crippen LogP contribution in [0.4, 0.5) is 0 Å². The average Bonchev–Trinajstić information content (AvgIpc) is 3.12. The van der Waals surface area contributed by atoms with Crippen molar-refractivity contribution in [2.24, 2.45) is 0 Å². The molecule has 1 fully saturated rings. The van der Waals surface area contributed by atoms with Gasteiger partial charge < -0.3 is 10.0 Å². The van der Waals surface area contributed by atoms with Crippen LogP contribution >= 0.6 is 35.3 Å². The summed E-state index contributed by atoms with van der Waals surface area (Å²) >= 11 is 8.08. The van der Waals surface area contributed by atoms with Crippen molar-refractivity contribution in [3.05, 3.63) is 27.3 Å². The van der Waals surface area contributed by atoms with Crippen molar-refractivity contribution in [3.63, 3.8) is 0 Å². The second kappa shape index (κ2) is 8.58. The number of amides is 2. The quantitative estimate of drug-likeness (QED) is 0.589. The zero-order valence-corrected chi connectivity index (χ0v) is 15.2. The van der Waals surface area contributed by atoms with Gasteiger partial charge in [0.05, 0.1) is 11.5 Å². The summed E-state index contributed by atoms with van der Waals surface area (Å²) in [6.45, 7) is 2.91. The minimum atomic E-state index is -0.147. The predicted octanol–water partition coefficient (Wildman–Crippen LogP) is 2.18. The molecule has 1 aromatic rings. The number of likely N-dealkylation sites (N-methyl/N-ethyl adjacent to an activating group) is 1. The van der Waals surface area contributed by atoms with Gasteiger partial charge in [-0.05, 0) is 24.4 Å². The van der Waals surface area contributed by atoms with Crippen molar-refractivity contribution in [1.82, 2.24) is 9.80 Å². The molecule has 1 aliphatic rings. The van der Waals surface area contributed by atoms with Gasteiger partial charge in [0.15, 0.2) is 0 Å². The minimum Gasteiger partial charge on any atom is -0.395 e. The Hall–Kier alpha value is -1.22. The lowest BCUT2D eigenvalue weighted by Gasteiger charge is -2.21. The molecule has 0 atom stereocenters. The summed E-state index contributed by atoms with van der Waals surface area (Å²) < 4.78 is 0.482. The number of carbonyl (C=O) groups excluding carboxylic acids is 2. The molecule has 1 saturated heterocycles. The first-order chi connectivity index (χ1) is 11.1. The number of thiocarbonyl (C=S) groups is 1. The molecule has 2 amide bonds. The van der Waals surface area contributed by atoms with Crippen LogP contribution in [0.2, 0.25) is 0 Å². The number of aliphatic hydroxyl groups is 1. The van der Waals surface area contributed by atoms with E-state index in [9.17, 15) is 9.59 Å². The van der Waals surface area contributed by atoms with E-state index in [4.69, 9.17) is 17.3 Å². The van der Waals surface area contributed by atoms with Crippen LogP contribution in [0.5, 0.6) is 0 Å². The monoisotopic (exact) mass is 370 g/mol. The van der Waals surface area contributed by atoms with Crippen molar-refractivity contribution in [3.8, 4) is 0 Å². The molecule has 23 heavy (non-hydrogen) atoms. The third-order valence-electron chi connectivity index (χ3n) is 3.34. The third-order valence-corrected chi connectivity index (χ3v) is 5.54. The smallest absolute Gasteiger partial charge is 0.266 e. The summed E-state index contributed by atoms with van der Waals surface area (Å²) in [4.78, 5) is 29.1. The normalized spacial score (nSPS) is 16.4. The van der Waals surface area contributed by atoms with Crippen LogP contribution in [0.1, 0.15) is 18.2 Å². The van der Waals surface area contributed by atoms with E-state index in [-0.39, 0.29) is 31.4 Å². The molecular formula is C15H18N2O3S3. The summed E-state index contributed by atoms with van der Waals surface area (Å²) in [5, 5.41) is 10.9. The Labute approximate surface area is 149 Å². The fraction of sp³-hybridized carbons (Fsp3) is 0.400. The van der Waals surface area contributed by atoms with Gasteiger partial charge in [0.1, 0.15) is 4.32 Å². The van der Waals surface area contributed by atoms with Gasteiger partial charge in [0, 0.05) is 30.9 Å². The van der Waals surface area contributed by atoms with Crippen LogP contribution in [0.3, 0.4) is 0 Å². The zero-order chi connectivity index (χ0) is 16.8. The molecule has 2 heterocycles. The second-order valence-corrected chi connectivity index (χ2v) is 7.45. The molecule has 0 unspecified atom stereocenters. The maximum atomic E-state index is 12.4. The Morgan fingerprint density at radius 3 is 2.91 bits per heavy atom. The molecule has 1 aliphatic heterocycles. The van der Waals surface area contributed by atoms with Crippen molar-refractivity contribution >= 4 is 57.5 Å². The number of hydrogen-bond acceptors (Lipinski definition) is 6. The summed E-state index contributed by atoms with van der Waals surface area (Å²) in [5.41, 5.74) is 0. The van der Waals surface area contributed by atoms with Gasteiger partial charge in [0.2, 0.25) is 5.91 Å². The van der Waals surface area contributed by atoms with E-state index in [1.54, 1.807) is 16.2 Å². The molecule has 1 aromatic heterocycles. The fourth-order valence-corrected chi connectivity index (χ4v) is 4.17. The molecule has 0 aliphatic carbocycles. The molecule has 1 N–H and O–H groups in total. The summed E-state index contributed by atoms with van der Waals surface area (Å²) in [6, 6.07) is 3.87. The highest BCUT2D eigenvalue weighted by Gasteiger charge is 2.32. The highest BCUT2D eigenvalue weighted by molar-refractivity contribution is 8.26. The minimum absolute atomic E-state index is 0.0653. The summed E-state index contributed by atoms with van der Waals surface area (Å²) in [7, 11) is 0. The highest BCUT2D eigenvalue weighted by atomic mass is 32.2. The first-order valence-electron chi connectivity index (χ1n) is 7.24. The van der Waals surface area contributed by atoms with Gasteiger partial charge in [0.25, 0.3) is 5.91 Å². The SMILES string of the molecule is CCN(CCO)C(=O)CCN1C(=O)C(=Cc2cccs2)SC1=S. The Morgan fingerprint density at radius 1 is 1.52 bits per heavy atom. The van der Waals surface area contributed by atoms with E-state index in [2.05, 4.69) is 0 Å². The van der Waals surface area contributed by atoms with E-state index in [1.165, 1.54) is 16.7 Å². The van der Waals surface area contributed by atoms with Crippen LogP contribution in [-0.4, -0.2) is 57.3 Å². The third kappa shape index (κ3) is 4.63. The zero-order valence-electron chi connectivity index (χ0n) is 12.7. The molecule has 5 nitrogen and oxygen atoms in total. The van der Waals surface area contributed by atoms with Gasteiger partial charge >= 0.3 is 0 Å². The lowest BCUT2D eigenvalue weighted by Crippen LogP contribution is -2.37. The first-order valence-corrected chi connectivity index (χ1v) is 9.34. The van der Waals surface area contributed by atoms with Crippen LogP contribution < -0.4 is 0 Å². The second-order valence-electron chi connectivity index (χ2n) is 4.80. The van der Waals surface area contributed by atoms with E-state index in [1.807, 2.05) is 30.5 Å². The number of hydrogen-bond donors (Lipinski definition) is 1. The Bertz CT molecular complexity index is 613. The summed E-state index contributed by atoms with van der Waals surface area (Å²) in [5.74, 6) is -0.232. The van der Waals surface area contributed by atoms with Crippen molar-refractivity contribution in [2.45, 2.75) is 13.3 Å². The molecular weight excluding hydrogens is 352 g/mol. The molecule has 124 valence electrons. The number of rotatable bonds is 7. The lowest BCUT2D eigenvalue weighted by molar-refractivity contribution is -0.132. The number of thiophene rings is 1. The van der Waals surface area contributed by atoms with Gasteiger partial charge in [-0.25, -0.2) is 0 Å². The largest absolute Gasteiger partial charge is 0.395 e. The first kappa shape index (κ1) is 18.1. The van der Waals surface area contributed by atoms with E-state index in [0.717, 1.165) is 4.88 Å². The fourth-order valence-electron chi connectivity index (χ4n) is 2.14. The topological polar surface area (TPSA) is 60.9 Å². The van der Waals surface area contributed by atoms with E-state index >= 15 is 0 Å². The van der Waals surface area contributed by atoms with Crippen LogP contribution in [-0.2, 0) is 9.59 Å². The van der Waals surface area contributed by atoms with Crippen molar-refractivity contribution < 1.29 is 14.7 Å². The molecule has 0 saturated carbocycles. The standard InChI is InChI=1S/C15H18N2O3S3/c1-2-16(7-8-18)13(19)5-6-17-14(20)12(23-15(17)21)10-11-4-3-9-22-11/h3-4,9-10,18H,2,5-8H2,1H3. The molecule has 0 bridgehead atoms. The number of aliphatic hydroxyl groups excluding tert-OH is 1. The maximum absolute atomic E-state index is 12.4. The van der Waals surface area contributed by atoms with Crippen LogP contribution in [0.15, 0.2) is 22.4 Å². The average molecular weight is 371 g/mol.